The molecule has 0 bridgehead atoms. The molecule has 2 amide bonds. The molecule has 12 heteroatoms. The summed E-state index contributed by atoms with van der Waals surface area (Å²) in [7, 11) is 1.50. The average molecular weight is 441 g/mol. The summed E-state index contributed by atoms with van der Waals surface area (Å²) in [5.74, 6) is -0.655. The van der Waals surface area contributed by atoms with Crippen LogP contribution in [0.1, 0.15) is 10.4 Å². The van der Waals surface area contributed by atoms with Crippen molar-refractivity contribution in [3.63, 3.8) is 0 Å². The summed E-state index contributed by atoms with van der Waals surface area (Å²) in [5.41, 5.74) is 12.8. The van der Waals surface area contributed by atoms with Gasteiger partial charge < -0.3 is 21.5 Å². The molecule has 158 valence electrons. The van der Waals surface area contributed by atoms with Crippen LogP contribution in [0.2, 0.25) is 5.02 Å². The second-order valence-corrected chi connectivity index (χ2v) is 6.94. The first-order valence-corrected chi connectivity index (χ1v) is 9.35. The van der Waals surface area contributed by atoms with Gasteiger partial charge in [-0.25, -0.2) is 9.50 Å². The van der Waals surface area contributed by atoms with E-state index in [9.17, 15) is 9.59 Å². The maximum absolute atomic E-state index is 13.1. The Morgan fingerprint density at radius 1 is 1.29 bits per heavy atom. The molecule has 3 aromatic heterocycles. The SMILES string of the molecule is COc1ccc(Cl)cc1-c1nn(CC(N)=O)cc1NC(=O)c1c(N)nn2cccnc12. The van der Waals surface area contributed by atoms with E-state index in [2.05, 4.69) is 20.5 Å². The Balaban J connectivity index is 1.80. The Morgan fingerprint density at radius 3 is 2.84 bits per heavy atom. The van der Waals surface area contributed by atoms with Crippen LogP contribution in [0.3, 0.4) is 0 Å². The number of hydrogen-bond acceptors (Lipinski definition) is 7. The fraction of sp³-hybridized carbons (Fsp3) is 0.105. The third-order valence-corrected chi connectivity index (χ3v) is 4.63. The van der Waals surface area contributed by atoms with E-state index >= 15 is 0 Å². The van der Waals surface area contributed by atoms with Gasteiger partial charge in [-0.2, -0.15) is 5.10 Å². The van der Waals surface area contributed by atoms with Crippen molar-refractivity contribution in [2.75, 3.05) is 18.2 Å². The Hall–Kier alpha value is -4.12. The van der Waals surface area contributed by atoms with E-state index < -0.39 is 11.8 Å². The van der Waals surface area contributed by atoms with Crippen LogP contribution in [-0.2, 0) is 11.3 Å². The number of anilines is 2. The van der Waals surface area contributed by atoms with Gasteiger partial charge in [0.05, 0.1) is 12.8 Å². The van der Waals surface area contributed by atoms with Gasteiger partial charge in [-0.1, -0.05) is 11.6 Å². The number of nitrogens with two attached hydrogens (primary N) is 2. The average Bonchev–Trinajstić information content (AvgIpc) is 3.26. The van der Waals surface area contributed by atoms with Crippen molar-refractivity contribution in [3.8, 4) is 17.0 Å². The van der Waals surface area contributed by atoms with Gasteiger partial charge in [0.15, 0.2) is 11.5 Å². The van der Waals surface area contributed by atoms with Crippen LogP contribution in [0.25, 0.3) is 16.9 Å². The fourth-order valence-electron chi connectivity index (χ4n) is 3.12. The van der Waals surface area contributed by atoms with Crippen LogP contribution < -0.4 is 21.5 Å². The number of fused-ring (bicyclic) bond motifs is 1. The molecule has 0 aliphatic rings. The number of carbonyl (C=O) groups excluding carboxylic acids is 2. The van der Waals surface area contributed by atoms with Gasteiger partial charge >= 0.3 is 0 Å². The van der Waals surface area contributed by atoms with Crippen LogP contribution >= 0.6 is 11.6 Å². The number of aromatic nitrogens is 5. The predicted molar refractivity (Wildman–Crippen MR) is 114 cm³/mol. The highest BCUT2D eigenvalue weighted by Gasteiger charge is 2.23. The summed E-state index contributed by atoms with van der Waals surface area (Å²) >= 11 is 6.15. The van der Waals surface area contributed by atoms with Gasteiger partial charge in [-0.05, 0) is 24.3 Å². The van der Waals surface area contributed by atoms with Crippen molar-refractivity contribution in [2.45, 2.75) is 6.54 Å². The Bertz CT molecular complexity index is 1310. The molecule has 4 aromatic rings. The standard InChI is InChI=1S/C19H17ClN8O3/c1-31-13-4-3-10(20)7-11(13)16-12(8-27(25-16)9-14(21)29)24-19(30)15-17(22)26-28-6-2-5-23-18(15)28/h2-8H,9H2,1H3,(H2,21,29)(H2,22,26)(H,24,30). The Morgan fingerprint density at radius 2 is 2.10 bits per heavy atom. The van der Waals surface area contributed by atoms with E-state index in [0.29, 0.717) is 33.4 Å². The molecule has 3 heterocycles. The van der Waals surface area contributed by atoms with Gasteiger partial charge in [-0.15, -0.1) is 5.10 Å². The summed E-state index contributed by atoms with van der Waals surface area (Å²) in [6.07, 6.45) is 4.64. The second kappa shape index (κ2) is 7.95. The topological polar surface area (TPSA) is 155 Å². The molecule has 1 aromatic carbocycles. The number of nitrogen functional groups attached to an aromatic ring is 1. The van der Waals surface area contributed by atoms with Gasteiger partial charge in [0, 0.05) is 29.2 Å². The minimum atomic E-state index is -0.596. The van der Waals surface area contributed by atoms with Gasteiger partial charge in [0.25, 0.3) is 5.91 Å². The first-order chi connectivity index (χ1) is 14.9. The molecule has 0 radical (unpaired) electrons. The van der Waals surface area contributed by atoms with Crippen LogP contribution in [0.15, 0.2) is 42.9 Å². The maximum atomic E-state index is 13.1. The third kappa shape index (κ3) is 3.85. The fourth-order valence-corrected chi connectivity index (χ4v) is 3.30. The van der Waals surface area contributed by atoms with Crippen molar-refractivity contribution in [3.05, 3.63) is 53.4 Å². The van der Waals surface area contributed by atoms with E-state index in [1.807, 2.05) is 0 Å². The normalized spacial score (nSPS) is 10.9. The van der Waals surface area contributed by atoms with Crippen molar-refractivity contribution in [2.24, 2.45) is 5.73 Å². The quantitative estimate of drug-likeness (QED) is 0.411. The lowest BCUT2D eigenvalue weighted by atomic mass is 10.1. The minimum absolute atomic E-state index is 0.0163. The molecule has 5 N–H and O–H groups in total. The van der Waals surface area contributed by atoms with Crippen LogP contribution in [0.4, 0.5) is 11.5 Å². The monoisotopic (exact) mass is 440 g/mol. The van der Waals surface area contributed by atoms with Gasteiger partial charge in [-0.3, -0.25) is 14.3 Å². The van der Waals surface area contributed by atoms with Crippen LogP contribution in [-0.4, -0.2) is 43.3 Å². The molecular weight excluding hydrogens is 424 g/mol. The molecule has 4 rings (SSSR count). The number of nitrogens with zero attached hydrogens (tertiary/aromatic N) is 5. The van der Waals surface area contributed by atoms with E-state index in [0.717, 1.165) is 0 Å². The molecular formula is C19H17ClN8O3. The van der Waals surface area contributed by atoms with Crippen LogP contribution in [0.5, 0.6) is 5.75 Å². The van der Waals surface area contributed by atoms with E-state index in [1.165, 1.54) is 28.7 Å². The number of hydrogen-bond donors (Lipinski definition) is 3. The molecule has 0 fully saturated rings. The Kier molecular flexibility index (Phi) is 5.17. The lowest BCUT2D eigenvalue weighted by Crippen LogP contribution is -2.19. The van der Waals surface area contributed by atoms with E-state index in [1.54, 1.807) is 30.5 Å². The highest BCUT2D eigenvalue weighted by molar-refractivity contribution is 6.31. The number of ether oxygens (including phenoxy) is 1. The molecule has 0 saturated carbocycles. The summed E-state index contributed by atoms with van der Waals surface area (Å²) in [4.78, 5) is 28.6. The molecule has 11 nitrogen and oxygen atoms in total. The zero-order chi connectivity index (χ0) is 22.1. The van der Waals surface area contributed by atoms with Crippen LogP contribution in [0, 0.1) is 0 Å². The molecule has 0 aliphatic carbocycles. The number of nitrogens with one attached hydrogen (secondary N) is 1. The second-order valence-electron chi connectivity index (χ2n) is 6.50. The van der Waals surface area contributed by atoms with Gasteiger partial charge in [0.1, 0.15) is 23.6 Å². The van der Waals surface area contributed by atoms with Crippen molar-refractivity contribution < 1.29 is 14.3 Å². The number of carbonyl (C=O) groups is 2. The molecule has 0 atom stereocenters. The van der Waals surface area contributed by atoms with Crippen molar-refractivity contribution in [1.82, 2.24) is 24.4 Å². The number of benzene rings is 1. The molecule has 0 unspecified atom stereocenters. The third-order valence-electron chi connectivity index (χ3n) is 4.39. The van der Waals surface area contributed by atoms with Crippen molar-refractivity contribution in [1.29, 1.82) is 0 Å². The lowest BCUT2D eigenvalue weighted by Gasteiger charge is -2.09. The highest BCUT2D eigenvalue weighted by atomic mass is 35.5. The molecule has 31 heavy (non-hydrogen) atoms. The highest BCUT2D eigenvalue weighted by Crippen LogP contribution is 2.36. The summed E-state index contributed by atoms with van der Waals surface area (Å²) in [6.45, 7) is -0.188. The summed E-state index contributed by atoms with van der Waals surface area (Å²) in [5, 5.41) is 11.7. The lowest BCUT2D eigenvalue weighted by molar-refractivity contribution is -0.118. The largest absolute Gasteiger partial charge is 0.496 e. The smallest absolute Gasteiger partial charge is 0.263 e. The van der Waals surface area contributed by atoms with Crippen molar-refractivity contribution >= 4 is 40.6 Å². The predicted octanol–water partition coefficient (Wildman–Crippen LogP) is 1.57. The zero-order valence-electron chi connectivity index (χ0n) is 16.2. The first-order valence-electron chi connectivity index (χ1n) is 8.97. The van der Waals surface area contributed by atoms with E-state index in [-0.39, 0.29) is 17.9 Å². The minimum Gasteiger partial charge on any atom is -0.496 e. The summed E-state index contributed by atoms with van der Waals surface area (Å²) < 4.78 is 8.11. The Labute approximate surface area is 180 Å². The molecule has 0 spiro atoms. The maximum Gasteiger partial charge on any atom is 0.263 e. The zero-order valence-corrected chi connectivity index (χ0v) is 17.0. The number of rotatable bonds is 6. The number of amides is 2. The number of methoxy groups -OCH3 is 1. The summed E-state index contributed by atoms with van der Waals surface area (Å²) in [6, 6.07) is 6.63. The molecule has 0 aliphatic heterocycles. The number of primary amides is 1. The number of halogens is 1. The van der Waals surface area contributed by atoms with Gasteiger partial charge in [0.2, 0.25) is 5.91 Å². The molecule has 0 saturated heterocycles. The van der Waals surface area contributed by atoms with E-state index in [4.69, 9.17) is 27.8 Å². The first kappa shape index (κ1) is 20.2.